The molecule has 1 N–H and O–H groups in total. The van der Waals surface area contributed by atoms with Crippen molar-refractivity contribution in [3.05, 3.63) is 69.8 Å². The number of ketones is 1. The van der Waals surface area contributed by atoms with E-state index in [-0.39, 0.29) is 17.5 Å². The highest BCUT2D eigenvalue weighted by Crippen LogP contribution is 2.31. The highest BCUT2D eigenvalue weighted by molar-refractivity contribution is 5.95. The number of carbonyl (C=O) groups is 1. The summed E-state index contributed by atoms with van der Waals surface area (Å²) in [4.78, 5) is 22.3. The van der Waals surface area contributed by atoms with Gasteiger partial charge in [0.1, 0.15) is 5.69 Å². The van der Waals surface area contributed by atoms with Crippen LogP contribution in [0.25, 0.3) is 0 Å². The molecule has 120 valence electrons. The van der Waals surface area contributed by atoms with Gasteiger partial charge in [0.2, 0.25) is 0 Å². The molecule has 0 aliphatic heterocycles. The lowest BCUT2D eigenvalue weighted by atomic mass is 10.0. The van der Waals surface area contributed by atoms with Gasteiger partial charge in [0, 0.05) is 11.6 Å². The molecule has 0 bridgehead atoms. The number of hydrogen-bond acceptors (Lipinski definition) is 4. The lowest BCUT2D eigenvalue weighted by Crippen LogP contribution is -2.12. The molecule has 0 aliphatic carbocycles. The van der Waals surface area contributed by atoms with Crippen LogP contribution >= 0.6 is 0 Å². The van der Waals surface area contributed by atoms with Crippen molar-refractivity contribution in [2.45, 2.75) is 32.7 Å². The van der Waals surface area contributed by atoms with Crippen molar-refractivity contribution in [1.29, 1.82) is 0 Å². The first kappa shape index (κ1) is 16.7. The van der Waals surface area contributed by atoms with Crippen molar-refractivity contribution in [3.63, 3.8) is 0 Å². The standard InChI is InChI=1S/C18H20N2O3/c1-3-7-16(14-8-5-4-6-9-14)19-17-11-10-15(13(2)21)12-18(17)20(22)23/h4-6,8-12,16,19H,3,7H2,1-2H3. The van der Waals surface area contributed by atoms with Crippen LogP contribution in [0.4, 0.5) is 11.4 Å². The maximum Gasteiger partial charge on any atom is 0.293 e. The van der Waals surface area contributed by atoms with Gasteiger partial charge in [-0.3, -0.25) is 14.9 Å². The number of rotatable bonds is 7. The zero-order valence-electron chi connectivity index (χ0n) is 13.3. The van der Waals surface area contributed by atoms with Gasteiger partial charge in [-0.25, -0.2) is 0 Å². The summed E-state index contributed by atoms with van der Waals surface area (Å²) in [5.41, 5.74) is 1.78. The van der Waals surface area contributed by atoms with Gasteiger partial charge in [0.25, 0.3) is 5.69 Å². The number of anilines is 1. The fourth-order valence-corrected chi connectivity index (χ4v) is 2.51. The number of nitrogens with zero attached hydrogens (tertiary/aromatic N) is 1. The number of nitrogens with one attached hydrogen (secondary N) is 1. The van der Waals surface area contributed by atoms with Gasteiger partial charge < -0.3 is 5.32 Å². The first-order valence-electron chi connectivity index (χ1n) is 7.63. The van der Waals surface area contributed by atoms with Crippen LogP contribution in [-0.2, 0) is 0 Å². The number of carbonyl (C=O) groups excluding carboxylic acids is 1. The topological polar surface area (TPSA) is 72.2 Å². The van der Waals surface area contributed by atoms with Gasteiger partial charge >= 0.3 is 0 Å². The summed E-state index contributed by atoms with van der Waals surface area (Å²) in [7, 11) is 0. The Bertz CT molecular complexity index is 699. The van der Waals surface area contributed by atoms with Crippen LogP contribution in [0, 0.1) is 10.1 Å². The first-order valence-corrected chi connectivity index (χ1v) is 7.63. The Labute approximate surface area is 135 Å². The number of benzene rings is 2. The maximum absolute atomic E-state index is 11.4. The lowest BCUT2D eigenvalue weighted by Gasteiger charge is -2.20. The Morgan fingerprint density at radius 1 is 1.22 bits per heavy atom. The zero-order valence-corrected chi connectivity index (χ0v) is 13.3. The molecule has 0 fully saturated rings. The van der Waals surface area contributed by atoms with Crippen LogP contribution < -0.4 is 5.32 Å². The zero-order chi connectivity index (χ0) is 16.8. The summed E-state index contributed by atoms with van der Waals surface area (Å²) in [5, 5.41) is 14.6. The number of nitro benzene ring substituents is 1. The highest BCUT2D eigenvalue weighted by Gasteiger charge is 2.19. The quantitative estimate of drug-likeness (QED) is 0.455. The third-order valence-corrected chi connectivity index (χ3v) is 3.71. The SMILES string of the molecule is CCCC(Nc1ccc(C(C)=O)cc1[N+](=O)[O-])c1ccccc1. The van der Waals surface area contributed by atoms with Gasteiger partial charge in [-0.05, 0) is 31.0 Å². The third kappa shape index (κ3) is 4.16. The van der Waals surface area contributed by atoms with E-state index in [9.17, 15) is 14.9 Å². The van der Waals surface area contributed by atoms with E-state index in [0.29, 0.717) is 11.3 Å². The van der Waals surface area contributed by atoms with Crippen molar-refractivity contribution in [2.75, 3.05) is 5.32 Å². The minimum absolute atomic E-state index is 0.0110. The summed E-state index contributed by atoms with van der Waals surface area (Å²) in [5.74, 6) is -0.187. The molecule has 23 heavy (non-hydrogen) atoms. The number of hydrogen-bond donors (Lipinski definition) is 1. The molecular formula is C18H20N2O3. The Hall–Kier alpha value is -2.69. The number of Topliss-reactive ketones (excluding diaryl/α,β-unsaturated/α-hetero) is 1. The summed E-state index contributed by atoms with van der Waals surface area (Å²) in [6, 6.07) is 14.4. The fraction of sp³-hybridized carbons (Fsp3) is 0.278. The molecule has 2 rings (SSSR count). The van der Waals surface area contributed by atoms with Crippen LogP contribution in [0.1, 0.15) is 48.7 Å². The van der Waals surface area contributed by atoms with Crippen molar-refractivity contribution in [1.82, 2.24) is 0 Å². The van der Waals surface area contributed by atoms with Crippen LogP contribution in [-0.4, -0.2) is 10.7 Å². The van der Waals surface area contributed by atoms with Crippen molar-refractivity contribution in [3.8, 4) is 0 Å². The summed E-state index contributed by atoms with van der Waals surface area (Å²) < 4.78 is 0. The van der Waals surface area contributed by atoms with E-state index in [1.807, 2.05) is 30.3 Å². The molecule has 0 saturated heterocycles. The van der Waals surface area contributed by atoms with E-state index < -0.39 is 4.92 Å². The average Bonchev–Trinajstić information content (AvgIpc) is 2.55. The maximum atomic E-state index is 11.4. The van der Waals surface area contributed by atoms with Crippen molar-refractivity contribution in [2.24, 2.45) is 0 Å². The third-order valence-electron chi connectivity index (χ3n) is 3.71. The Kier molecular flexibility index (Phi) is 5.46. The minimum Gasteiger partial charge on any atom is -0.373 e. The molecule has 0 saturated carbocycles. The van der Waals surface area contributed by atoms with Gasteiger partial charge in [-0.15, -0.1) is 0 Å². The van der Waals surface area contributed by atoms with Crippen LogP contribution in [0.15, 0.2) is 48.5 Å². The Morgan fingerprint density at radius 2 is 1.91 bits per heavy atom. The van der Waals surface area contributed by atoms with Crippen LogP contribution in [0.5, 0.6) is 0 Å². The molecule has 0 radical (unpaired) electrons. The van der Waals surface area contributed by atoms with Crippen molar-refractivity contribution < 1.29 is 9.72 Å². The van der Waals surface area contributed by atoms with E-state index in [1.165, 1.54) is 13.0 Å². The summed E-state index contributed by atoms with van der Waals surface area (Å²) in [6.07, 6.45) is 1.81. The fourth-order valence-electron chi connectivity index (χ4n) is 2.51. The second-order valence-corrected chi connectivity index (χ2v) is 5.44. The van der Waals surface area contributed by atoms with Crippen LogP contribution in [0.3, 0.4) is 0 Å². The van der Waals surface area contributed by atoms with E-state index in [1.54, 1.807) is 12.1 Å². The molecule has 5 heteroatoms. The second-order valence-electron chi connectivity index (χ2n) is 5.44. The molecule has 1 unspecified atom stereocenters. The predicted molar refractivity (Wildman–Crippen MR) is 90.8 cm³/mol. The monoisotopic (exact) mass is 312 g/mol. The molecule has 0 spiro atoms. The average molecular weight is 312 g/mol. The van der Waals surface area contributed by atoms with E-state index in [2.05, 4.69) is 12.2 Å². The molecule has 2 aromatic carbocycles. The summed E-state index contributed by atoms with van der Waals surface area (Å²) in [6.45, 7) is 3.47. The van der Waals surface area contributed by atoms with Crippen LogP contribution in [0.2, 0.25) is 0 Å². The Morgan fingerprint density at radius 3 is 2.48 bits per heavy atom. The molecule has 0 amide bonds. The van der Waals surface area contributed by atoms with Gasteiger partial charge in [0.05, 0.1) is 11.0 Å². The van der Waals surface area contributed by atoms with E-state index in [4.69, 9.17) is 0 Å². The van der Waals surface area contributed by atoms with Crippen molar-refractivity contribution >= 4 is 17.2 Å². The predicted octanol–water partition coefficient (Wildman–Crippen LogP) is 4.75. The number of nitro groups is 1. The smallest absolute Gasteiger partial charge is 0.293 e. The second kappa shape index (κ2) is 7.54. The van der Waals surface area contributed by atoms with Gasteiger partial charge in [0.15, 0.2) is 5.78 Å². The van der Waals surface area contributed by atoms with Gasteiger partial charge in [-0.1, -0.05) is 43.7 Å². The summed E-state index contributed by atoms with van der Waals surface area (Å²) >= 11 is 0. The molecule has 0 aromatic heterocycles. The molecule has 1 atom stereocenters. The molecule has 0 heterocycles. The van der Waals surface area contributed by atoms with E-state index in [0.717, 1.165) is 18.4 Å². The normalized spacial score (nSPS) is 11.7. The minimum atomic E-state index is -0.456. The Balaban J connectivity index is 2.36. The molecular weight excluding hydrogens is 292 g/mol. The lowest BCUT2D eigenvalue weighted by molar-refractivity contribution is -0.384. The largest absolute Gasteiger partial charge is 0.373 e. The first-order chi connectivity index (χ1) is 11.0. The van der Waals surface area contributed by atoms with E-state index >= 15 is 0 Å². The molecule has 2 aromatic rings. The molecule has 5 nitrogen and oxygen atoms in total. The van der Waals surface area contributed by atoms with Gasteiger partial charge in [-0.2, -0.15) is 0 Å². The highest BCUT2D eigenvalue weighted by atomic mass is 16.6. The molecule has 0 aliphatic rings.